The number of carbonyl (C=O) groups is 1. The number of halogens is 1. The highest BCUT2D eigenvalue weighted by molar-refractivity contribution is 5.96. The van der Waals surface area contributed by atoms with Crippen LogP contribution in [-0.4, -0.2) is 30.6 Å². The molecule has 0 radical (unpaired) electrons. The van der Waals surface area contributed by atoms with Gasteiger partial charge in [-0.15, -0.1) is 0 Å². The van der Waals surface area contributed by atoms with E-state index in [0.29, 0.717) is 53.8 Å². The summed E-state index contributed by atoms with van der Waals surface area (Å²) in [6.07, 6.45) is 2.47. The normalized spacial score (nSPS) is 16.4. The summed E-state index contributed by atoms with van der Waals surface area (Å²) < 4.78 is 19.2. The number of benzene rings is 1. The van der Waals surface area contributed by atoms with Gasteiger partial charge in [0.1, 0.15) is 11.9 Å². The molecule has 0 spiro atoms. The molecule has 7 heteroatoms. The van der Waals surface area contributed by atoms with Crippen LogP contribution in [0.1, 0.15) is 24.0 Å². The molecule has 0 aliphatic carbocycles. The molecule has 1 aromatic heterocycles. The molecule has 3 rings (SSSR count). The number of hydrogen-bond donors (Lipinski definition) is 2. The predicted molar refractivity (Wildman–Crippen MR) is 91.3 cm³/mol. The first-order valence-corrected chi connectivity index (χ1v) is 8.07. The highest BCUT2D eigenvalue weighted by atomic mass is 19.1. The van der Waals surface area contributed by atoms with Crippen molar-refractivity contribution in [3.05, 3.63) is 35.3 Å². The van der Waals surface area contributed by atoms with E-state index in [1.54, 1.807) is 6.92 Å². The van der Waals surface area contributed by atoms with Crippen molar-refractivity contribution in [2.45, 2.75) is 19.8 Å². The Morgan fingerprint density at radius 1 is 1.48 bits per heavy atom. The Labute approximate surface area is 144 Å². The van der Waals surface area contributed by atoms with E-state index in [-0.39, 0.29) is 6.54 Å². The summed E-state index contributed by atoms with van der Waals surface area (Å²) in [4.78, 5) is 16.3. The van der Waals surface area contributed by atoms with Crippen molar-refractivity contribution < 1.29 is 13.9 Å². The van der Waals surface area contributed by atoms with E-state index in [0.717, 1.165) is 0 Å². The second-order valence-electron chi connectivity index (χ2n) is 6.39. The fourth-order valence-corrected chi connectivity index (χ4v) is 3.24. The van der Waals surface area contributed by atoms with Crippen molar-refractivity contribution in [2.75, 3.05) is 25.1 Å². The number of primary amides is 1. The van der Waals surface area contributed by atoms with E-state index < -0.39 is 17.1 Å². The van der Waals surface area contributed by atoms with Gasteiger partial charge in [-0.1, -0.05) is 0 Å². The van der Waals surface area contributed by atoms with E-state index in [2.05, 4.69) is 16.4 Å². The summed E-state index contributed by atoms with van der Waals surface area (Å²) in [5.41, 5.74) is 6.94. The molecule has 1 saturated heterocycles. The second-order valence-corrected chi connectivity index (χ2v) is 6.39. The molecule has 6 nitrogen and oxygen atoms in total. The fraction of sp³-hybridized carbons (Fsp3) is 0.389. The molecule has 3 N–H and O–H groups in total. The lowest BCUT2D eigenvalue weighted by Gasteiger charge is -2.34. The largest absolute Gasteiger partial charge is 0.382 e. The minimum Gasteiger partial charge on any atom is -0.382 e. The minimum atomic E-state index is -0.747. The lowest BCUT2D eigenvalue weighted by molar-refractivity contribution is -0.132. The van der Waals surface area contributed by atoms with Crippen LogP contribution < -0.4 is 11.1 Å². The Kier molecular flexibility index (Phi) is 4.55. The first kappa shape index (κ1) is 17.1. The maximum absolute atomic E-state index is 13.9. The molecular weight excluding hydrogens is 323 g/mol. The van der Waals surface area contributed by atoms with Gasteiger partial charge in [-0.3, -0.25) is 9.78 Å². The van der Waals surface area contributed by atoms with Gasteiger partial charge < -0.3 is 15.8 Å². The van der Waals surface area contributed by atoms with Crippen LogP contribution in [0.4, 0.5) is 10.1 Å². The molecule has 1 fully saturated rings. The molecule has 2 aromatic rings. The van der Waals surface area contributed by atoms with Crippen LogP contribution in [0.25, 0.3) is 10.9 Å². The van der Waals surface area contributed by atoms with Gasteiger partial charge in [-0.05, 0) is 37.5 Å². The second kappa shape index (κ2) is 6.65. The highest BCUT2D eigenvalue weighted by Gasteiger charge is 2.38. The number of amides is 1. The van der Waals surface area contributed by atoms with Gasteiger partial charge in [0, 0.05) is 31.3 Å². The van der Waals surface area contributed by atoms with Crippen LogP contribution in [0.3, 0.4) is 0 Å². The van der Waals surface area contributed by atoms with Crippen LogP contribution in [0.5, 0.6) is 0 Å². The molecule has 2 heterocycles. The van der Waals surface area contributed by atoms with Crippen molar-refractivity contribution in [1.29, 1.82) is 5.26 Å². The first-order chi connectivity index (χ1) is 12.0. The Morgan fingerprint density at radius 2 is 2.20 bits per heavy atom. The van der Waals surface area contributed by atoms with Crippen molar-refractivity contribution in [3.8, 4) is 6.07 Å². The number of nitrogens with zero attached hydrogens (tertiary/aromatic N) is 2. The lowest BCUT2D eigenvalue weighted by atomic mass is 9.79. The zero-order chi connectivity index (χ0) is 18.0. The van der Waals surface area contributed by atoms with E-state index >= 15 is 0 Å². The van der Waals surface area contributed by atoms with Crippen LogP contribution >= 0.6 is 0 Å². The maximum Gasteiger partial charge on any atom is 0.225 e. The van der Waals surface area contributed by atoms with Crippen molar-refractivity contribution in [3.63, 3.8) is 0 Å². The highest BCUT2D eigenvalue weighted by Crippen LogP contribution is 2.33. The van der Waals surface area contributed by atoms with E-state index in [1.165, 1.54) is 18.3 Å². The average molecular weight is 342 g/mol. The van der Waals surface area contributed by atoms with E-state index in [1.807, 2.05) is 0 Å². The SMILES string of the molecule is Cc1cc(F)cc2c(NCC3(C(N)=O)CCOCC3)c(C#N)cnc12. The van der Waals surface area contributed by atoms with Gasteiger partial charge in [0.25, 0.3) is 0 Å². The predicted octanol–water partition coefficient (Wildman–Crippen LogP) is 2.25. The zero-order valence-electron chi connectivity index (χ0n) is 13.9. The Morgan fingerprint density at radius 3 is 2.84 bits per heavy atom. The number of nitriles is 1. The topological polar surface area (TPSA) is 101 Å². The fourth-order valence-electron chi connectivity index (χ4n) is 3.24. The molecule has 1 aliphatic rings. The van der Waals surface area contributed by atoms with Gasteiger partial charge in [-0.2, -0.15) is 5.26 Å². The number of nitrogens with one attached hydrogen (secondary N) is 1. The smallest absolute Gasteiger partial charge is 0.225 e. The monoisotopic (exact) mass is 342 g/mol. The number of fused-ring (bicyclic) bond motifs is 1. The van der Waals surface area contributed by atoms with Crippen LogP contribution in [0, 0.1) is 29.5 Å². The van der Waals surface area contributed by atoms with Crippen LogP contribution in [0.2, 0.25) is 0 Å². The number of aromatic nitrogens is 1. The third-order valence-electron chi connectivity index (χ3n) is 4.82. The number of aryl methyl sites for hydroxylation is 1. The van der Waals surface area contributed by atoms with Crippen LogP contribution in [0.15, 0.2) is 18.3 Å². The first-order valence-electron chi connectivity index (χ1n) is 8.07. The number of rotatable bonds is 4. The average Bonchev–Trinajstić information content (AvgIpc) is 2.60. The quantitative estimate of drug-likeness (QED) is 0.887. The van der Waals surface area contributed by atoms with Gasteiger partial charge >= 0.3 is 0 Å². The van der Waals surface area contributed by atoms with Gasteiger partial charge in [0.2, 0.25) is 5.91 Å². The zero-order valence-corrected chi connectivity index (χ0v) is 13.9. The number of pyridine rings is 1. The summed E-state index contributed by atoms with van der Waals surface area (Å²) in [6.45, 7) is 2.94. The third kappa shape index (κ3) is 3.13. The summed E-state index contributed by atoms with van der Waals surface area (Å²) in [6, 6.07) is 4.81. The van der Waals surface area contributed by atoms with Gasteiger partial charge in [0.15, 0.2) is 0 Å². The Bertz CT molecular complexity index is 869. The number of hydrogen-bond acceptors (Lipinski definition) is 5. The minimum absolute atomic E-state index is 0.259. The Balaban J connectivity index is 2.03. The van der Waals surface area contributed by atoms with Crippen molar-refractivity contribution in [1.82, 2.24) is 4.98 Å². The number of carbonyl (C=O) groups excluding carboxylic acids is 1. The molecule has 0 bridgehead atoms. The van der Waals surface area contributed by atoms with Crippen LogP contribution in [-0.2, 0) is 9.53 Å². The molecule has 0 unspecified atom stereocenters. The number of anilines is 1. The third-order valence-corrected chi connectivity index (χ3v) is 4.82. The molecule has 130 valence electrons. The maximum atomic E-state index is 13.9. The molecule has 0 saturated carbocycles. The number of ether oxygens (including phenoxy) is 1. The van der Waals surface area contributed by atoms with Crippen molar-refractivity contribution in [2.24, 2.45) is 11.1 Å². The lowest BCUT2D eigenvalue weighted by Crippen LogP contribution is -2.46. The molecule has 0 atom stereocenters. The molecular formula is C18H19FN4O2. The summed E-state index contributed by atoms with van der Waals surface area (Å²) >= 11 is 0. The summed E-state index contributed by atoms with van der Waals surface area (Å²) in [7, 11) is 0. The number of nitrogens with two attached hydrogens (primary N) is 1. The Hall–Kier alpha value is -2.72. The van der Waals surface area contributed by atoms with E-state index in [4.69, 9.17) is 10.5 Å². The molecule has 25 heavy (non-hydrogen) atoms. The molecule has 1 amide bonds. The summed E-state index contributed by atoms with van der Waals surface area (Å²) in [5.74, 6) is -0.803. The van der Waals surface area contributed by atoms with Gasteiger partial charge in [0.05, 0.1) is 22.2 Å². The molecule has 1 aliphatic heterocycles. The van der Waals surface area contributed by atoms with Crippen molar-refractivity contribution >= 4 is 22.5 Å². The van der Waals surface area contributed by atoms with Gasteiger partial charge in [-0.25, -0.2) is 4.39 Å². The summed E-state index contributed by atoms with van der Waals surface area (Å²) in [5, 5.41) is 13.1. The van der Waals surface area contributed by atoms with E-state index in [9.17, 15) is 14.4 Å². The molecule has 1 aromatic carbocycles. The standard InChI is InChI=1S/C18H19FN4O2/c1-11-6-13(19)7-14-15(11)22-9-12(8-20)16(14)23-10-18(17(21)24)2-4-25-5-3-18/h6-7,9H,2-5,10H2,1H3,(H2,21,24)(H,22,23).